The van der Waals surface area contributed by atoms with E-state index in [0.29, 0.717) is 5.69 Å². The molecule has 3 aromatic rings. The molecule has 2 heterocycles. The standard InChI is InChI=1S/C17H18N4OS/c1-11-12(2)23-17(20-11)13-4-6-14(7-5-13)18-10-16(22)15-8-9-19-21(15)3/h4-9,18H,10H2,1-3H3. The number of aryl methyl sites for hydroxylation is 3. The predicted molar refractivity (Wildman–Crippen MR) is 93.1 cm³/mol. The molecular weight excluding hydrogens is 308 g/mol. The highest BCUT2D eigenvalue weighted by Crippen LogP contribution is 2.28. The number of nitrogens with zero attached hydrogens (tertiary/aromatic N) is 3. The molecule has 2 aromatic heterocycles. The normalized spacial score (nSPS) is 10.7. The molecule has 118 valence electrons. The molecule has 0 fully saturated rings. The molecule has 5 nitrogen and oxygen atoms in total. The van der Waals surface area contributed by atoms with Crippen LogP contribution in [0.5, 0.6) is 0 Å². The van der Waals surface area contributed by atoms with Gasteiger partial charge in [0.1, 0.15) is 10.7 Å². The molecule has 0 aliphatic heterocycles. The quantitative estimate of drug-likeness (QED) is 0.730. The summed E-state index contributed by atoms with van der Waals surface area (Å²) in [5, 5.41) is 8.18. The number of anilines is 1. The van der Waals surface area contributed by atoms with Crippen LogP contribution < -0.4 is 5.32 Å². The zero-order chi connectivity index (χ0) is 16.4. The minimum absolute atomic E-state index is 0.0141. The summed E-state index contributed by atoms with van der Waals surface area (Å²) >= 11 is 1.70. The molecule has 6 heteroatoms. The van der Waals surface area contributed by atoms with E-state index in [2.05, 4.69) is 22.3 Å². The summed E-state index contributed by atoms with van der Waals surface area (Å²) in [5.74, 6) is 0.0141. The van der Waals surface area contributed by atoms with E-state index in [1.165, 1.54) is 4.88 Å². The first-order chi connectivity index (χ1) is 11.0. The molecule has 23 heavy (non-hydrogen) atoms. The number of rotatable bonds is 5. The molecule has 0 unspecified atom stereocenters. The highest BCUT2D eigenvalue weighted by Gasteiger charge is 2.10. The topological polar surface area (TPSA) is 59.8 Å². The second-order valence-corrected chi connectivity index (χ2v) is 6.56. The first kappa shape index (κ1) is 15.4. The lowest BCUT2D eigenvalue weighted by Gasteiger charge is -2.06. The van der Waals surface area contributed by atoms with Crippen LogP contribution in [0.1, 0.15) is 21.1 Å². The molecule has 0 saturated carbocycles. The molecule has 0 amide bonds. The first-order valence-electron chi connectivity index (χ1n) is 7.34. The van der Waals surface area contributed by atoms with E-state index in [-0.39, 0.29) is 12.3 Å². The Morgan fingerprint density at radius 3 is 2.52 bits per heavy atom. The Morgan fingerprint density at radius 2 is 1.96 bits per heavy atom. The van der Waals surface area contributed by atoms with Crippen LogP contribution in [0.15, 0.2) is 36.5 Å². The minimum Gasteiger partial charge on any atom is -0.378 e. The monoisotopic (exact) mass is 326 g/mol. The van der Waals surface area contributed by atoms with Crippen molar-refractivity contribution in [1.82, 2.24) is 14.8 Å². The highest BCUT2D eigenvalue weighted by molar-refractivity contribution is 7.15. The molecule has 0 bridgehead atoms. The van der Waals surface area contributed by atoms with E-state index in [1.807, 2.05) is 31.2 Å². The number of thiazole rings is 1. The third-order valence-corrected chi connectivity index (χ3v) is 4.84. The Bertz CT molecular complexity index is 813. The van der Waals surface area contributed by atoms with E-state index in [0.717, 1.165) is 22.0 Å². The van der Waals surface area contributed by atoms with Gasteiger partial charge in [0.2, 0.25) is 0 Å². The van der Waals surface area contributed by atoms with Gasteiger partial charge in [-0.3, -0.25) is 9.48 Å². The number of benzene rings is 1. The highest BCUT2D eigenvalue weighted by atomic mass is 32.1. The fourth-order valence-electron chi connectivity index (χ4n) is 2.25. The maximum absolute atomic E-state index is 12.1. The number of aromatic nitrogens is 3. The molecule has 3 rings (SSSR count). The van der Waals surface area contributed by atoms with E-state index in [9.17, 15) is 4.79 Å². The maximum atomic E-state index is 12.1. The van der Waals surface area contributed by atoms with Crippen LogP contribution in [0, 0.1) is 13.8 Å². The third kappa shape index (κ3) is 3.32. The SMILES string of the molecule is Cc1nc(-c2ccc(NCC(=O)c3ccnn3C)cc2)sc1C. The number of hydrogen-bond donors (Lipinski definition) is 1. The zero-order valence-electron chi connectivity index (χ0n) is 13.3. The third-order valence-electron chi connectivity index (χ3n) is 3.72. The van der Waals surface area contributed by atoms with Crippen LogP contribution in [0.4, 0.5) is 5.69 Å². The van der Waals surface area contributed by atoms with Crippen molar-refractivity contribution in [3.8, 4) is 10.6 Å². The summed E-state index contributed by atoms with van der Waals surface area (Å²) in [4.78, 5) is 17.9. The zero-order valence-corrected chi connectivity index (χ0v) is 14.1. The van der Waals surface area contributed by atoms with Gasteiger partial charge in [-0.1, -0.05) is 0 Å². The predicted octanol–water partition coefficient (Wildman–Crippen LogP) is 3.46. The van der Waals surface area contributed by atoms with Gasteiger partial charge in [0.25, 0.3) is 0 Å². The Morgan fingerprint density at radius 1 is 1.22 bits per heavy atom. The molecule has 0 saturated heterocycles. The van der Waals surface area contributed by atoms with Crippen LogP contribution in [-0.2, 0) is 7.05 Å². The van der Waals surface area contributed by atoms with Crippen LogP contribution in [0.25, 0.3) is 10.6 Å². The molecular formula is C17H18N4OS. The van der Waals surface area contributed by atoms with Gasteiger partial charge in [0.05, 0.1) is 12.2 Å². The van der Waals surface area contributed by atoms with E-state index in [4.69, 9.17) is 0 Å². The van der Waals surface area contributed by atoms with Gasteiger partial charge in [-0.25, -0.2) is 4.98 Å². The van der Waals surface area contributed by atoms with Crippen molar-refractivity contribution < 1.29 is 4.79 Å². The summed E-state index contributed by atoms with van der Waals surface area (Å²) in [6.45, 7) is 4.35. The van der Waals surface area contributed by atoms with E-state index < -0.39 is 0 Å². The number of Topliss-reactive ketones (excluding diaryl/α,β-unsaturated/α-hetero) is 1. The summed E-state index contributed by atoms with van der Waals surface area (Å²) in [5.41, 5.74) is 3.68. The van der Waals surface area contributed by atoms with Gasteiger partial charge >= 0.3 is 0 Å². The van der Waals surface area contributed by atoms with Crippen molar-refractivity contribution in [3.63, 3.8) is 0 Å². The summed E-state index contributed by atoms with van der Waals surface area (Å²) < 4.78 is 1.58. The van der Waals surface area contributed by atoms with Gasteiger partial charge in [-0.05, 0) is 44.2 Å². The second-order valence-electron chi connectivity index (χ2n) is 5.35. The van der Waals surface area contributed by atoms with Crippen LogP contribution >= 0.6 is 11.3 Å². The fourth-order valence-corrected chi connectivity index (χ4v) is 3.17. The molecule has 0 spiro atoms. The Labute approximate surface area is 139 Å². The van der Waals surface area contributed by atoms with Crippen LogP contribution in [0.3, 0.4) is 0 Å². The van der Waals surface area contributed by atoms with Crippen molar-refractivity contribution in [2.45, 2.75) is 13.8 Å². The Kier molecular flexibility index (Phi) is 4.25. The Balaban J connectivity index is 1.66. The average molecular weight is 326 g/mol. The van der Waals surface area contributed by atoms with E-state index in [1.54, 1.807) is 35.3 Å². The molecule has 0 aliphatic rings. The summed E-state index contributed by atoms with van der Waals surface area (Å²) in [6.07, 6.45) is 1.63. The molecule has 0 radical (unpaired) electrons. The first-order valence-corrected chi connectivity index (χ1v) is 8.16. The van der Waals surface area contributed by atoms with Crippen molar-refractivity contribution in [3.05, 3.63) is 52.8 Å². The van der Waals surface area contributed by atoms with Gasteiger partial charge < -0.3 is 5.32 Å². The van der Waals surface area contributed by atoms with Gasteiger partial charge in [0, 0.05) is 29.4 Å². The number of carbonyl (C=O) groups is 1. The van der Waals surface area contributed by atoms with E-state index >= 15 is 0 Å². The van der Waals surface area contributed by atoms with Crippen LogP contribution in [0.2, 0.25) is 0 Å². The molecule has 1 N–H and O–H groups in total. The molecule has 1 aromatic carbocycles. The molecule has 0 aliphatic carbocycles. The van der Waals surface area contributed by atoms with Gasteiger partial charge in [-0.15, -0.1) is 11.3 Å². The Hall–Kier alpha value is -2.47. The van der Waals surface area contributed by atoms with Crippen LogP contribution in [-0.4, -0.2) is 27.1 Å². The lowest BCUT2D eigenvalue weighted by molar-refractivity contribution is 0.0997. The van der Waals surface area contributed by atoms with Gasteiger partial charge in [0.15, 0.2) is 5.78 Å². The smallest absolute Gasteiger partial charge is 0.199 e. The van der Waals surface area contributed by atoms with Crippen molar-refractivity contribution >= 4 is 22.8 Å². The number of hydrogen-bond acceptors (Lipinski definition) is 5. The van der Waals surface area contributed by atoms with Crippen molar-refractivity contribution in [1.29, 1.82) is 0 Å². The lowest BCUT2D eigenvalue weighted by Crippen LogP contribution is -2.17. The van der Waals surface area contributed by atoms with Crippen molar-refractivity contribution in [2.75, 3.05) is 11.9 Å². The summed E-state index contributed by atoms with van der Waals surface area (Å²) in [6, 6.07) is 9.71. The minimum atomic E-state index is 0.0141. The average Bonchev–Trinajstić information content (AvgIpc) is 3.12. The van der Waals surface area contributed by atoms with Crippen molar-refractivity contribution in [2.24, 2.45) is 7.05 Å². The number of carbonyl (C=O) groups excluding carboxylic acids is 1. The summed E-state index contributed by atoms with van der Waals surface area (Å²) in [7, 11) is 1.76. The second kappa shape index (κ2) is 6.34. The largest absolute Gasteiger partial charge is 0.378 e. The number of nitrogens with one attached hydrogen (secondary N) is 1. The number of ketones is 1. The van der Waals surface area contributed by atoms with Gasteiger partial charge in [-0.2, -0.15) is 5.10 Å². The fraction of sp³-hybridized carbons (Fsp3) is 0.235. The lowest BCUT2D eigenvalue weighted by atomic mass is 10.2. The molecule has 0 atom stereocenters. The maximum Gasteiger partial charge on any atom is 0.199 e.